The monoisotopic (exact) mass is 423 g/mol. The minimum absolute atomic E-state index is 0. The zero-order chi connectivity index (χ0) is 19.3. The molecule has 1 unspecified atom stereocenters. The van der Waals surface area contributed by atoms with Crippen molar-refractivity contribution in [1.82, 2.24) is 15.1 Å². The van der Waals surface area contributed by atoms with Crippen molar-refractivity contribution in [2.45, 2.75) is 38.1 Å². The summed E-state index contributed by atoms with van der Waals surface area (Å²) in [5.74, 6) is 2.70. The van der Waals surface area contributed by atoms with Gasteiger partial charge in [0.05, 0.1) is 12.6 Å². The Morgan fingerprint density at radius 2 is 1.86 bits per heavy atom. The second-order valence-electron chi connectivity index (χ2n) is 8.26. The number of likely N-dealkylation sites (tertiary alicyclic amines) is 2. The second kappa shape index (κ2) is 10.5. The van der Waals surface area contributed by atoms with Crippen molar-refractivity contribution >= 4 is 18.3 Å². The lowest BCUT2D eigenvalue weighted by Gasteiger charge is -2.34. The van der Waals surface area contributed by atoms with Crippen LogP contribution in [0.25, 0.3) is 0 Å². The molecule has 0 aliphatic carbocycles. The van der Waals surface area contributed by atoms with E-state index in [1.807, 2.05) is 13.1 Å². The van der Waals surface area contributed by atoms with Crippen LogP contribution in [0.4, 0.5) is 0 Å². The number of nitrogens with one attached hydrogen (secondary N) is 1. The maximum atomic E-state index is 13.1. The van der Waals surface area contributed by atoms with E-state index in [1.165, 1.54) is 24.8 Å². The summed E-state index contributed by atoms with van der Waals surface area (Å²) in [6, 6.07) is 6.31. The highest BCUT2D eigenvalue weighted by atomic mass is 35.5. The van der Waals surface area contributed by atoms with E-state index in [1.54, 1.807) is 0 Å². The van der Waals surface area contributed by atoms with Gasteiger partial charge in [-0.15, -0.1) is 12.4 Å². The molecular formula is C22H34ClN3O3. The molecule has 1 atom stereocenters. The van der Waals surface area contributed by atoms with Crippen molar-refractivity contribution in [3.63, 3.8) is 0 Å². The zero-order valence-corrected chi connectivity index (χ0v) is 18.2. The summed E-state index contributed by atoms with van der Waals surface area (Å²) in [6.45, 7) is 5.79. The first-order valence-corrected chi connectivity index (χ1v) is 10.8. The highest BCUT2D eigenvalue weighted by molar-refractivity contribution is 5.85. The number of halogens is 1. The summed E-state index contributed by atoms with van der Waals surface area (Å²) in [5, 5.41) is 3.24. The maximum absolute atomic E-state index is 13.1. The molecule has 3 aliphatic rings. The number of rotatable bonds is 6. The molecule has 7 heteroatoms. The number of carbonyl (C=O) groups excluding carboxylic acids is 1. The molecule has 2 fully saturated rings. The number of hydrogen-bond acceptors (Lipinski definition) is 5. The Kier molecular flexibility index (Phi) is 8.04. The fourth-order valence-corrected chi connectivity index (χ4v) is 4.74. The number of fused-ring (bicyclic) bond motifs is 1. The number of benzene rings is 1. The first-order chi connectivity index (χ1) is 13.7. The normalized spacial score (nSPS) is 22.4. The molecule has 0 aromatic heterocycles. The average molecular weight is 424 g/mol. The van der Waals surface area contributed by atoms with Crippen LogP contribution in [-0.2, 0) is 4.79 Å². The van der Waals surface area contributed by atoms with E-state index in [0.29, 0.717) is 19.8 Å². The molecule has 3 aliphatic heterocycles. The van der Waals surface area contributed by atoms with Crippen LogP contribution in [0.1, 0.15) is 43.7 Å². The summed E-state index contributed by atoms with van der Waals surface area (Å²) in [6.07, 6.45) is 5.76. The molecule has 1 amide bonds. The largest absolute Gasteiger partial charge is 0.486 e. The van der Waals surface area contributed by atoms with Crippen LogP contribution >= 0.6 is 12.4 Å². The molecule has 162 valence electrons. The minimum Gasteiger partial charge on any atom is -0.486 e. The second-order valence-corrected chi connectivity index (χ2v) is 8.26. The lowest BCUT2D eigenvalue weighted by Crippen LogP contribution is -2.43. The van der Waals surface area contributed by atoms with E-state index >= 15 is 0 Å². The summed E-state index contributed by atoms with van der Waals surface area (Å²) >= 11 is 0. The number of amides is 1. The van der Waals surface area contributed by atoms with Gasteiger partial charge in [-0.2, -0.15) is 0 Å². The van der Waals surface area contributed by atoms with E-state index in [9.17, 15) is 4.79 Å². The Labute approximate surface area is 180 Å². The maximum Gasteiger partial charge on any atom is 0.237 e. The van der Waals surface area contributed by atoms with Gasteiger partial charge in [0, 0.05) is 6.54 Å². The lowest BCUT2D eigenvalue weighted by molar-refractivity contribution is -0.133. The van der Waals surface area contributed by atoms with Gasteiger partial charge in [-0.3, -0.25) is 9.69 Å². The number of carbonyl (C=O) groups is 1. The Hall–Kier alpha value is -1.50. The zero-order valence-electron chi connectivity index (χ0n) is 17.4. The third-order valence-electron chi connectivity index (χ3n) is 6.39. The predicted octanol–water partition coefficient (Wildman–Crippen LogP) is 2.86. The van der Waals surface area contributed by atoms with Crippen LogP contribution in [0, 0.1) is 5.92 Å². The van der Waals surface area contributed by atoms with Crippen molar-refractivity contribution in [2.75, 3.05) is 53.0 Å². The van der Waals surface area contributed by atoms with Gasteiger partial charge in [0.25, 0.3) is 0 Å². The SMILES string of the molecule is CNCCC1CCN(CC(=O)N2CCCC2c2ccc3c(c2)OCCO3)CC1.Cl. The van der Waals surface area contributed by atoms with Gasteiger partial charge in [0.1, 0.15) is 13.2 Å². The van der Waals surface area contributed by atoms with E-state index < -0.39 is 0 Å². The average Bonchev–Trinajstić information content (AvgIpc) is 3.23. The summed E-state index contributed by atoms with van der Waals surface area (Å²) < 4.78 is 11.4. The molecule has 1 aromatic carbocycles. The molecule has 4 rings (SSSR count). The molecule has 0 saturated carbocycles. The molecule has 0 radical (unpaired) electrons. The Morgan fingerprint density at radius 1 is 1.10 bits per heavy atom. The van der Waals surface area contributed by atoms with Crippen LogP contribution in [0.2, 0.25) is 0 Å². The van der Waals surface area contributed by atoms with Gasteiger partial charge in [-0.25, -0.2) is 0 Å². The van der Waals surface area contributed by atoms with Gasteiger partial charge in [0.2, 0.25) is 5.91 Å². The third kappa shape index (κ3) is 5.36. The highest BCUT2D eigenvalue weighted by Gasteiger charge is 2.32. The van der Waals surface area contributed by atoms with Crippen molar-refractivity contribution in [2.24, 2.45) is 5.92 Å². The van der Waals surface area contributed by atoms with Crippen LogP contribution < -0.4 is 14.8 Å². The number of piperidine rings is 1. The molecule has 0 bridgehead atoms. The third-order valence-corrected chi connectivity index (χ3v) is 6.39. The first kappa shape index (κ1) is 22.2. The van der Waals surface area contributed by atoms with Crippen LogP contribution in [0.15, 0.2) is 18.2 Å². The van der Waals surface area contributed by atoms with Gasteiger partial charge in [-0.1, -0.05) is 6.07 Å². The summed E-state index contributed by atoms with van der Waals surface area (Å²) in [4.78, 5) is 17.5. The van der Waals surface area contributed by atoms with E-state index in [4.69, 9.17) is 9.47 Å². The van der Waals surface area contributed by atoms with E-state index in [-0.39, 0.29) is 24.4 Å². The van der Waals surface area contributed by atoms with Gasteiger partial charge < -0.3 is 19.7 Å². The van der Waals surface area contributed by atoms with Gasteiger partial charge >= 0.3 is 0 Å². The summed E-state index contributed by atoms with van der Waals surface area (Å²) in [5.41, 5.74) is 1.17. The predicted molar refractivity (Wildman–Crippen MR) is 116 cm³/mol. The first-order valence-electron chi connectivity index (χ1n) is 10.8. The van der Waals surface area contributed by atoms with Gasteiger partial charge in [-0.05, 0) is 82.4 Å². The molecule has 2 saturated heterocycles. The minimum atomic E-state index is 0. The molecule has 6 nitrogen and oxygen atoms in total. The fraction of sp³-hybridized carbons (Fsp3) is 0.682. The lowest BCUT2D eigenvalue weighted by atomic mass is 9.93. The number of nitrogens with zero attached hydrogens (tertiary/aromatic N) is 2. The Balaban J connectivity index is 0.00000240. The van der Waals surface area contributed by atoms with Crippen LogP contribution in [-0.4, -0.2) is 68.7 Å². The van der Waals surface area contributed by atoms with Crippen molar-refractivity contribution in [3.05, 3.63) is 23.8 Å². The fourth-order valence-electron chi connectivity index (χ4n) is 4.74. The smallest absolute Gasteiger partial charge is 0.237 e. The van der Waals surface area contributed by atoms with Crippen LogP contribution in [0.3, 0.4) is 0 Å². The van der Waals surface area contributed by atoms with E-state index in [0.717, 1.165) is 56.4 Å². The van der Waals surface area contributed by atoms with Crippen molar-refractivity contribution in [1.29, 1.82) is 0 Å². The summed E-state index contributed by atoms with van der Waals surface area (Å²) in [7, 11) is 2.02. The molecule has 1 N–H and O–H groups in total. The Bertz CT molecular complexity index is 679. The highest BCUT2D eigenvalue weighted by Crippen LogP contribution is 2.38. The van der Waals surface area contributed by atoms with Gasteiger partial charge in [0.15, 0.2) is 11.5 Å². The quantitative estimate of drug-likeness (QED) is 0.762. The molecule has 0 spiro atoms. The molecule has 29 heavy (non-hydrogen) atoms. The van der Waals surface area contributed by atoms with Crippen molar-refractivity contribution in [3.8, 4) is 11.5 Å². The van der Waals surface area contributed by atoms with E-state index in [2.05, 4.69) is 27.2 Å². The number of ether oxygens (including phenoxy) is 2. The molecule has 1 aromatic rings. The van der Waals surface area contributed by atoms with Crippen molar-refractivity contribution < 1.29 is 14.3 Å². The topological polar surface area (TPSA) is 54.0 Å². The molecular weight excluding hydrogens is 390 g/mol. The van der Waals surface area contributed by atoms with Crippen LogP contribution in [0.5, 0.6) is 11.5 Å². The Morgan fingerprint density at radius 3 is 2.62 bits per heavy atom. The molecule has 3 heterocycles. The number of hydrogen-bond donors (Lipinski definition) is 1. The standard InChI is InChI=1S/C22H33N3O3.ClH/c1-23-9-6-17-7-11-24(12-8-17)16-22(26)25-10-2-3-19(25)18-4-5-20-21(15-18)28-14-13-27-20;/h4-5,15,17,19,23H,2-3,6-14,16H2,1H3;1H.